The maximum atomic E-state index is 12.4. The lowest BCUT2D eigenvalue weighted by Gasteiger charge is -2.19. The van der Waals surface area contributed by atoms with E-state index in [0.29, 0.717) is 11.0 Å². The Morgan fingerprint density at radius 2 is 2.15 bits per heavy atom. The molecule has 0 aromatic heterocycles. The summed E-state index contributed by atoms with van der Waals surface area (Å²) in [6.07, 6.45) is 4.99. The molecule has 2 unspecified atom stereocenters. The molecule has 1 aliphatic carbocycles. The average molecular weight is 316 g/mol. The third kappa shape index (κ3) is 3.21. The van der Waals surface area contributed by atoms with Gasteiger partial charge in [-0.25, -0.2) is 13.1 Å². The van der Waals surface area contributed by atoms with E-state index in [0.717, 1.165) is 19.3 Å². The van der Waals surface area contributed by atoms with E-state index in [4.69, 9.17) is 10.5 Å². The molecule has 0 aliphatic heterocycles. The molecule has 2 atom stereocenters. The molecule has 20 heavy (non-hydrogen) atoms. The number of nitrogens with one attached hydrogen (secondary N) is 1. The fourth-order valence-corrected chi connectivity index (χ4v) is 4.95. The van der Waals surface area contributed by atoms with Crippen LogP contribution in [-0.2, 0) is 10.0 Å². The van der Waals surface area contributed by atoms with Gasteiger partial charge in [-0.05, 0) is 31.2 Å². The SMILES string of the molecule is COc1ccc(S(=O)(=O)NC2CCCC2SC)c(N)c1. The van der Waals surface area contributed by atoms with E-state index >= 15 is 0 Å². The van der Waals surface area contributed by atoms with Gasteiger partial charge < -0.3 is 10.5 Å². The van der Waals surface area contributed by atoms with Gasteiger partial charge in [-0.15, -0.1) is 0 Å². The molecule has 0 saturated heterocycles. The highest BCUT2D eigenvalue weighted by atomic mass is 32.2. The second-order valence-corrected chi connectivity index (χ2v) is 7.60. The number of sulfonamides is 1. The van der Waals surface area contributed by atoms with Gasteiger partial charge in [0, 0.05) is 17.4 Å². The van der Waals surface area contributed by atoms with Crippen LogP contribution in [-0.4, -0.2) is 33.1 Å². The molecule has 1 aromatic rings. The molecular weight excluding hydrogens is 296 g/mol. The van der Waals surface area contributed by atoms with Gasteiger partial charge in [-0.1, -0.05) is 6.42 Å². The Labute approximate surface area is 124 Å². The fraction of sp³-hybridized carbons (Fsp3) is 0.538. The normalized spacial score (nSPS) is 22.9. The molecule has 0 bridgehead atoms. The van der Waals surface area contributed by atoms with Crippen LogP contribution >= 0.6 is 11.8 Å². The number of ether oxygens (including phenoxy) is 1. The van der Waals surface area contributed by atoms with Gasteiger partial charge in [0.25, 0.3) is 0 Å². The van der Waals surface area contributed by atoms with Crippen LogP contribution in [0.3, 0.4) is 0 Å². The third-order valence-corrected chi connectivity index (χ3v) is 6.30. The molecule has 1 fully saturated rings. The molecule has 0 radical (unpaired) electrons. The fourth-order valence-electron chi connectivity index (χ4n) is 2.50. The van der Waals surface area contributed by atoms with Crippen molar-refractivity contribution < 1.29 is 13.2 Å². The van der Waals surface area contributed by atoms with Crippen LogP contribution < -0.4 is 15.2 Å². The van der Waals surface area contributed by atoms with Crippen LogP contribution in [0.1, 0.15) is 19.3 Å². The Bertz CT molecular complexity index is 575. The number of benzene rings is 1. The van der Waals surface area contributed by atoms with Crippen molar-refractivity contribution in [2.24, 2.45) is 0 Å². The van der Waals surface area contributed by atoms with Crippen molar-refractivity contribution >= 4 is 27.5 Å². The van der Waals surface area contributed by atoms with Crippen molar-refractivity contribution in [3.63, 3.8) is 0 Å². The number of hydrogen-bond acceptors (Lipinski definition) is 5. The minimum Gasteiger partial charge on any atom is -0.497 e. The number of methoxy groups -OCH3 is 1. The van der Waals surface area contributed by atoms with Crippen LogP contribution in [0.5, 0.6) is 5.75 Å². The number of hydrogen-bond donors (Lipinski definition) is 2. The predicted molar refractivity (Wildman–Crippen MR) is 82.7 cm³/mol. The zero-order chi connectivity index (χ0) is 14.8. The van der Waals surface area contributed by atoms with Crippen LogP contribution in [0.15, 0.2) is 23.1 Å². The van der Waals surface area contributed by atoms with Gasteiger partial charge in [-0.3, -0.25) is 0 Å². The topological polar surface area (TPSA) is 81.4 Å². The molecule has 3 N–H and O–H groups in total. The van der Waals surface area contributed by atoms with Crippen LogP contribution in [0.4, 0.5) is 5.69 Å². The molecular formula is C13H20N2O3S2. The quantitative estimate of drug-likeness (QED) is 0.810. The predicted octanol–water partition coefficient (Wildman–Crippen LogP) is 1.84. The van der Waals surface area contributed by atoms with Crippen LogP contribution in [0, 0.1) is 0 Å². The Morgan fingerprint density at radius 3 is 2.75 bits per heavy atom. The van der Waals surface area contributed by atoms with Gasteiger partial charge >= 0.3 is 0 Å². The van der Waals surface area contributed by atoms with Crippen LogP contribution in [0.25, 0.3) is 0 Å². The number of thioether (sulfide) groups is 1. The minimum absolute atomic E-state index is 0.0171. The number of anilines is 1. The zero-order valence-electron chi connectivity index (χ0n) is 11.6. The molecule has 7 heteroatoms. The highest BCUT2D eigenvalue weighted by Crippen LogP contribution is 2.30. The maximum absolute atomic E-state index is 12.4. The lowest BCUT2D eigenvalue weighted by atomic mass is 10.3. The largest absolute Gasteiger partial charge is 0.497 e. The summed E-state index contributed by atoms with van der Waals surface area (Å²) < 4.78 is 32.7. The maximum Gasteiger partial charge on any atom is 0.242 e. The van der Waals surface area contributed by atoms with Gasteiger partial charge in [0.1, 0.15) is 10.6 Å². The second-order valence-electron chi connectivity index (χ2n) is 4.84. The van der Waals surface area contributed by atoms with Crippen molar-refractivity contribution in [1.82, 2.24) is 4.72 Å². The van der Waals surface area contributed by atoms with Crippen molar-refractivity contribution in [3.05, 3.63) is 18.2 Å². The van der Waals surface area contributed by atoms with E-state index in [1.165, 1.54) is 19.2 Å². The monoisotopic (exact) mass is 316 g/mol. The Kier molecular flexibility index (Phi) is 4.82. The molecule has 5 nitrogen and oxygen atoms in total. The van der Waals surface area contributed by atoms with Gasteiger partial charge in [-0.2, -0.15) is 11.8 Å². The standard InChI is InChI=1S/C13H20N2O3S2/c1-18-9-6-7-13(10(14)8-9)20(16,17)15-11-4-3-5-12(11)19-2/h6-8,11-12,15H,3-5,14H2,1-2H3. The first-order valence-corrected chi connectivity index (χ1v) is 9.23. The molecule has 2 rings (SSSR count). The average Bonchev–Trinajstić information content (AvgIpc) is 2.84. The summed E-state index contributed by atoms with van der Waals surface area (Å²) in [5.41, 5.74) is 6.02. The highest BCUT2D eigenvalue weighted by Gasteiger charge is 2.31. The molecule has 0 spiro atoms. The van der Waals surface area contributed by atoms with E-state index < -0.39 is 10.0 Å². The summed E-state index contributed by atoms with van der Waals surface area (Å²) in [5, 5.41) is 0.337. The Hall–Kier alpha value is -0.920. The number of rotatable bonds is 5. The van der Waals surface area contributed by atoms with Crippen molar-refractivity contribution in [1.29, 1.82) is 0 Å². The van der Waals surface area contributed by atoms with Crippen molar-refractivity contribution in [2.45, 2.75) is 35.4 Å². The van der Waals surface area contributed by atoms with E-state index in [2.05, 4.69) is 4.72 Å². The molecule has 112 valence electrons. The van der Waals surface area contributed by atoms with Gasteiger partial charge in [0.15, 0.2) is 0 Å². The first-order chi connectivity index (χ1) is 9.47. The number of nitrogen functional groups attached to an aromatic ring is 1. The lowest BCUT2D eigenvalue weighted by Crippen LogP contribution is -2.38. The first-order valence-electron chi connectivity index (χ1n) is 6.46. The molecule has 0 amide bonds. The van der Waals surface area contributed by atoms with E-state index in [-0.39, 0.29) is 16.6 Å². The van der Waals surface area contributed by atoms with E-state index in [9.17, 15) is 8.42 Å². The number of nitrogens with two attached hydrogens (primary N) is 1. The Balaban J connectivity index is 2.22. The van der Waals surface area contributed by atoms with E-state index in [1.54, 1.807) is 17.8 Å². The molecule has 1 aromatic carbocycles. The van der Waals surface area contributed by atoms with Crippen molar-refractivity contribution in [2.75, 3.05) is 19.1 Å². The molecule has 1 aliphatic rings. The minimum atomic E-state index is -3.59. The summed E-state index contributed by atoms with van der Waals surface area (Å²) in [5.74, 6) is 0.546. The van der Waals surface area contributed by atoms with Gasteiger partial charge in [0.05, 0.1) is 12.8 Å². The zero-order valence-corrected chi connectivity index (χ0v) is 13.3. The van der Waals surface area contributed by atoms with E-state index in [1.807, 2.05) is 6.26 Å². The summed E-state index contributed by atoms with van der Waals surface area (Å²) >= 11 is 1.71. The smallest absolute Gasteiger partial charge is 0.242 e. The van der Waals surface area contributed by atoms with Crippen molar-refractivity contribution in [3.8, 4) is 5.75 Å². The second kappa shape index (κ2) is 6.24. The summed E-state index contributed by atoms with van der Waals surface area (Å²) in [6.45, 7) is 0. The molecule has 0 heterocycles. The summed E-state index contributed by atoms with van der Waals surface area (Å²) in [7, 11) is -2.07. The Morgan fingerprint density at radius 1 is 1.40 bits per heavy atom. The summed E-state index contributed by atoms with van der Waals surface area (Å²) in [4.78, 5) is 0.116. The first kappa shape index (κ1) is 15.5. The highest BCUT2D eigenvalue weighted by molar-refractivity contribution is 7.99. The summed E-state index contributed by atoms with van der Waals surface area (Å²) in [6, 6.07) is 4.59. The lowest BCUT2D eigenvalue weighted by molar-refractivity contribution is 0.414. The molecule has 1 saturated carbocycles. The third-order valence-electron chi connectivity index (χ3n) is 3.57. The van der Waals surface area contributed by atoms with Gasteiger partial charge in [0.2, 0.25) is 10.0 Å². The van der Waals surface area contributed by atoms with Crippen LogP contribution in [0.2, 0.25) is 0 Å².